The fourth-order valence-electron chi connectivity index (χ4n) is 5.31. The molecule has 0 saturated carbocycles. The van der Waals surface area contributed by atoms with Gasteiger partial charge in [-0.05, 0) is 38.1 Å². The van der Waals surface area contributed by atoms with Gasteiger partial charge in [0.05, 0.1) is 24.6 Å². The molecule has 0 amide bonds. The van der Waals surface area contributed by atoms with Crippen molar-refractivity contribution >= 4 is 17.2 Å². The predicted molar refractivity (Wildman–Crippen MR) is 103 cm³/mol. The first-order valence-corrected chi connectivity index (χ1v) is 9.43. The smallest absolute Gasteiger partial charge is 0.311 e. The molecule has 4 atom stereocenters. The lowest BCUT2D eigenvalue weighted by Crippen LogP contribution is -2.55. The van der Waals surface area contributed by atoms with Gasteiger partial charge in [0.15, 0.2) is 0 Å². The van der Waals surface area contributed by atoms with Gasteiger partial charge in [-0.2, -0.15) is 0 Å². The minimum atomic E-state index is -0.748. The maximum absolute atomic E-state index is 11.6. The molecule has 0 radical (unpaired) electrons. The molecular weight excluding hydrogens is 328 g/mol. The molecule has 5 nitrogen and oxygen atoms in total. The van der Waals surface area contributed by atoms with Crippen LogP contribution in [0.15, 0.2) is 24.3 Å². The number of hydrogen-bond donors (Lipinski definition) is 1. The van der Waals surface area contributed by atoms with E-state index >= 15 is 0 Å². The standard InChI is InChI=1S/C21H28N2O3/c1-13(2)23(4)12-21(26-5)10-17-16(9-14(20(24)25)11-22(17)3)15-7-6-8-18(23)19(15)21/h6-9,13-14,17H,10-12H2,1-5H3/p+1/t14-,17-,21?,23?/m1/s1. The SMILES string of the molecule is COC12C[C@@H]3C(=C[C@@H](C(=O)O)CN3C)c3cccc(c31)[N+](C)(C(C)C)C2. The zero-order valence-corrected chi connectivity index (χ0v) is 16.3. The monoisotopic (exact) mass is 357 g/mol. The van der Waals surface area contributed by atoms with Crippen LogP contribution in [0.1, 0.15) is 31.4 Å². The third-order valence-corrected chi connectivity index (χ3v) is 7.07. The van der Waals surface area contributed by atoms with Crippen molar-refractivity contribution in [3.05, 3.63) is 35.4 Å². The summed E-state index contributed by atoms with van der Waals surface area (Å²) < 4.78 is 7.09. The Hall–Kier alpha value is -1.69. The molecule has 0 saturated heterocycles. The third-order valence-electron chi connectivity index (χ3n) is 7.07. The molecule has 1 aromatic rings. The molecule has 0 bridgehead atoms. The van der Waals surface area contributed by atoms with Crippen molar-refractivity contribution in [3.63, 3.8) is 0 Å². The number of methoxy groups -OCH3 is 1. The second-order valence-corrected chi connectivity index (χ2v) is 8.64. The fraction of sp³-hybridized carbons (Fsp3) is 0.571. The highest BCUT2D eigenvalue weighted by Crippen LogP contribution is 2.56. The summed E-state index contributed by atoms with van der Waals surface area (Å²) in [7, 11) is 6.16. The lowest BCUT2D eigenvalue weighted by atomic mass is 9.72. The van der Waals surface area contributed by atoms with Crippen LogP contribution >= 0.6 is 0 Å². The van der Waals surface area contributed by atoms with Crippen LogP contribution in [0.25, 0.3) is 5.57 Å². The van der Waals surface area contributed by atoms with Gasteiger partial charge in [-0.1, -0.05) is 18.2 Å². The Morgan fingerprint density at radius 2 is 2.15 bits per heavy atom. The summed E-state index contributed by atoms with van der Waals surface area (Å²) in [6.45, 7) is 6.00. The second kappa shape index (κ2) is 5.65. The van der Waals surface area contributed by atoms with E-state index in [1.54, 1.807) is 0 Å². The van der Waals surface area contributed by atoms with Crippen molar-refractivity contribution in [3.8, 4) is 0 Å². The maximum atomic E-state index is 11.6. The molecule has 2 heterocycles. The molecule has 140 valence electrons. The molecule has 2 unspecified atom stereocenters. The number of nitrogens with zero attached hydrogens (tertiary/aromatic N) is 2. The normalized spacial score (nSPS) is 35.8. The summed E-state index contributed by atoms with van der Waals surface area (Å²) in [5.74, 6) is -1.20. The fourth-order valence-corrected chi connectivity index (χ4v) is 5.31. The number of quaternary nitrogens is 1. The van der Waals surface area contributed by atoms with Crippen molar-refractivity contribution in [2.45, 2.75) is 38.0 Å². The number of ether oxygens (including phenoxy) is 1. The lowest BCUT2D eigenvalue weighted by molar-refractivity contribution is -0.141. The van der Waals surface area contributed by atoms with Gasteiger partial charge in [-0.25, -0.2) is 0 Å². The van der Waals surface area contributed by atoms with E-state index in [1.165, 1.54) is 16.8 Å². The molecule has 0 spiro atoms. The van der Waals surface area contributed by atoms with Crippen molar-refractivity contribution in [1.29, 1.82) is 0 Å². The van der Waals surface area contributed by atoms with Gasteiger partial charge in [-0.3, -0.25) is 14.2 Å². The third kappa shape index (κ3) is 2.17. The maximum Gasteiger partial charge on any atom is 0.311 e. The molecule has 26 heavy (non-hydrogen) atoms. The van der Waals surface area contributed by atoms with E-state index < -0.39 is 11.9 Å². The van der Waals surface area contributed by atoms with Crippen LogP contribution in [0.3, 0.4) is 0 Å². The lowest BCUT2D eigenvalue weighted by Gasteiger charge is -2.45. The van der Waals surface area contributed by atoms with Crippen molar-refractivity contribution in [1.82, 2.24) is 9.38 Å². The number of carbonyl (C=O) groups is 1. The predicted octanol–water partition coefficient (Wildman–Crippen LogP) is 2.69. The summed E-state index contributed by atoms with van der Waals surface area (Å²) >= 11 is 0. The topological polar surface area (TPSA) is 49.8 Å². The van der Waals surface area contributed by atoms with E-state index in [0.29, 0.717) is 12.6 Å². The zero-order chi connectivity index (χ0) is 18.9. The van der Waals surface area contributed by atoms with Crippen LogP contribution in [-0.4, -0.2) is 62.4 Å². The number of carboxylic acids is 1. The van der Waals surface area contributed by atoms with Crippen LogP contribution in [-0.2, 0) is 15.1 Å². The number of aliphatic carboxylic acids is 1. The largest absolute Gasteiger partial charge is 0.481 e. The van der Waals surface area contributed by atoms with Crippen LogP contribution in [0.5, 0.6) is 0 Å². The highest BCUT2D eigenvalue weighted by atomic mass is 16.5. The summed E-state index contributed by atoms with van der Waals surface area (Å²) in [4.78, 5) is 13.8. The first-order valence-electron chi connectivity index (χ1n) is 9.43. The Kier molecular flexibility index (Phi) is 3.85. The van der Waals surface area contributed by atoms with Gasteiger partial charge in [0.2, 0.25) is 0 Å². The molecular formula is C21H29N2O3+. The summed E-state index contributed by atoms with van der Waals surface area (Å²) in [6, 6.07) is 7.14. The molecule has 5 heteroatoms. The molecule has 3 aliphatic rings. The Morgan fingerprint density at radius 3 is 2.77 bits per heavy atom. The Morgan fingerprint density at radius 1 is 1.42 bits per heavy atom. The minimum absolute atomic E-state index is 0.201. The van der Waals surface area contributed by atoms with Crippen LogP contribution < -0.4 is 4.48 Å². The molecule has 2 aliphatic heterocycles. The van der Waals surface area contributed by atoms with Gasteiger partial charge in [0.25, 0.3) is 0 Å². The van der Waals surface area contributed by atoms with Gasteiger partial charge in [-0.15, -0.1) is 0 Å². The highest BCUT2D eigenvalue weighted by Gasteiger charge is 2.59. The highest BCUT2D eigenvalue weighted by molar-refractivity contribution is 5.85. The van der Waals surface area contributed by atoms with Gasteiger partial charge in [0.1, 0.15) is 17.8 Å². The zero-order valence-electron chi connectivity index (χ0n) is 16.3. The van der Waals surface area contributed by atoms with Gasteiger partial charge >= 0.3 is 5.97 Å². The summed E-state index contributed by atoms with van der Waals surface area (Å²) in [6.07, 6.45) is 2.86. The number of hydrogen-bond acceptors (Lipinski definition) is 3. The van der Waals surface area contributed by atoms with E-state index in [2.05, 4.69) is 44.0 Å². The summed E-state index contributed by atoms with van der Waals surface area (Å²) in [5.41, 5.74) is 4.63. The molecule has 4 rings (SSSR count). The first-order chi connectivity index (χ1) is 12.2. The number of carboxylic acid groups (broad SMARTS) is 1. The Balaban J connectivity index is 1.97. The Labute approximate surface area is 155 Å². The molecule has 1 aromatic carbocycles. The second-order valence-electron chi connectivity index (χ2n) is 8.64. The molecule has 0 fully saturated rings. The molecule has 1 aliphatic carbocycles. The van der Waals surface area contributed by atoms with Gasteiger partial charge < -0.3 is 9.84 Å². The first kappa shape index (κ1) is 17.7. The van der Waals surface area contributed by atoms with Crippen molar-refractivity contribution < 1.29 is 14.6 Å². The molecule has 1 N–H and O–H groups in total. The van der Waals surface area contributed by atoms with E-state index in [1.807, 2.05) is 20.2 Å². The van der Waals surface area contributed by atoms with Crippen LogP contribution in [0.4, 0.5) is 5.69 Å². The Bertz CT molecular complexity index is 802. The average Bonchev–Trinajstić information content (AvgIpc) is 2.88. The van der Waals surface area contributed by atoms with Crippen molar-refractivity contribution in [2.75, 3.05) is 34.3 Å². The molecule has 0 aromatic heterocycles. The van der Waals surface area contributed by atoms with E-state index in [0.717, 1.165) is 23.0 Å². The average molecular weight is 357 g/mol. The summed E-state index contributed by atoms with van der Waals surface area (Å²) in [5, 5.41) is 9.57. The van der Waals surface area contributed by atoms with Crippen LogP contribution in [0, 0.1) is 5.92 Å². The van der Waals surface area contributed by atoms with Crippen molar-refractivity contribution in [2.24, 2.45) is 5.92 Å². The van der Waals surface area contributed by atoms with Gasteiger partial charge in [0, 0.05) is 26.1 Å². The number of fused-ring (bicyclic) bond motifs is 2. The number of benzene rings is 1. The number of rotatable bonds is 3. The minimum Gasteiger partial charge on any atom is -0.481 e. The quantitative estimate of drug-likeness (QED) is 0.845. The van der Waals surface area contributed by atoms with Crippen LogP contribution in [0.2, 0.25) is 0 Å². The van der Waals surface area contributed by atoms with E-state index in [-0.39, 0.29) is 11.6 Å². The number of likely N-dealkylation sites (N-methyl/N-ethyl adjacent to an activating group) is 2. The van der Waals surface area contributed by atoms with E-state index in [4.69, 9.17) is 4.74 Å². The van der Waals surface area contributed by atoms with E-state index in [9.17, 15) is 9.90 Å².